The molecular formula is C13H12N2O5. The molecule has 0 radical (unpaired) electrons. The average molecular weight is 276 g/mol. The van der Waals surface area contributed by atoms with Crippen LogP contribution in [0.15, 0.2) is 30.3 Å². The first-order chi connectivity index (χ1) is 9.50. The third-order valence-corrected chi connectivity index (χ3v) is 2.93. The molecule has 0 aliphatic carbocycles. The summed E-state index contributed by atoms with van der Waals surface area (Å²) in [5, 5.41) is 10.7. The average Bonchev–Trinajstić information content (AvgIpc) is 2.38. The maximum atomic E-state index is 12.2. The number of aliphatic carboxylic acids is 1. The SMILES string of the molecule is O=C(O)CCC1C(=O)NC(=O)N(c2ccccc2)C1=O. The van der Waals surface area contributed by atoms with Gasteiger partial charge < -0.3 is 5.11 Å². The molecule has 1 saturated heterocycles. The monoisotopic (exact) mass is 276 g/mol. The lowest BCUT2D eigenvalue weighted by Crippen LogP contribution is -2.58. The molecule has 0 saturated carbocycles. The van der Waals surface area contributed by atoms with E-state index in [1.165, 1.54) is 0 Å². The summed E-state index contributed by atoms with van der Waals surface area (Å²) >= 11 is 0. The predicted molar refractivity (Wildman–Crippen MR) is 67.8 cm³/mol. The quantitative estimate of drug-likeness (QED) is 0.790. The fourth-order valence-corrected chi connectivity index (χ4v) is 1.96. The molecular weight excluding hydrogens is 264 g/mol. The first-order valence-corrected chi connectivity index (χ1v) is 5.96. The minimum absolute atomic E-state index is 0.142. The van der Waals surface area contributed by atoms with Gasteiger partial charge in [-0.05, 0) is 18.6 Å². The number of barbiturate groups is 1. The van der Waals surface area contributed by atoms with E-state index in [0.29, 0.717) is 5.69 Å². The number of urea groups is 1. The van der Waals surface area contributed by atoms with Crippen LogP contribution in [0.2, 0.25) is 0 Å². The van der Waals surface area contributed by atoms with E-state index in [0.717, 1.165) is 4.90 Å². The van der Waals surface area contributed by atoms with Crippen molar-refractivity contribution in [3.8, 4) is 0 Å². The molecule has 2 N–H and O–H groups in total. The van der Waals surface area contributed by atoms with Gasteiger partial charge in [-0.3, -0.25) is 19.7 Å². The summed E-state index contributed by atoms with van der Waals surface area (Å²) in [4.78, 5) is 47.0. The molecule has 2 rings (SSSR count). The predicted octanol–water partition coefficient (Wildman–Crippen LogP) is 0.750. The number of carboxylic acid groups (broad SMARTS) is 1. The van der Waals surface area contributed by atoms with Crippen molar-refractivity contribution in [2.24, 2.45) is 5.92 Å². The minimum Gasteiger partial charge on any atom is -0.481 e. The van der Waals surface area contributed by atoms with Crippen molar-refractivity contribution in [1.29, 1.82) is 0 Å². The Hall–Kier alpha value is -2.70. The second-order valence-corrected chi connectivity index (χ2v) is 4.29. The number of imide groups is 2. The number of hydrogen-bond acceptors (Lipinski definition) is 4. The zero-order chi connectivity index (χ0) is 14.7. The van der Waals surface area contributed by atoms with Crippen LogP contribution in [-0.4, -0.2) is 28.9 Å². The van der Waals surface area contributed by atoms with Gasteiger partial charge in [0.15, 0.2) is 0 Å². The molecule has 1 aromatic carbocycles. The summed E-state index contributed by atoms with van der Waals surface area (Å²) in [6, 6.07) is 7.32. The van der Waals surface area contributed by atoms with Gasteiger partial charge in [0, 0.05) is 6.42 Å². The third-order valence-electron chi connectivity index (χ3n) is 2.93. The van der Waals surface area contributed by atoms with Crippen LogP contribution in [0.25, 0.3) is 0 Å². The minimum atomic E-state index is -1.16. The Morgan fingerprint density at radius 3 is 2.45 bits per heavy atom. The highest BCUT2D eigenvalue weighted by molar-refractivity contribution is 6.27. The lowest BCUT2D eigenvalue weighted by molar-refractivity contribution is -0.138. The highest BCUT2D eigenvalue weighted by atomic mass is 16.4. The van der Waals surface area contributed by atoms with Gasteiger partial charge in [-0.25, -0.2) is 9.69 Å². The van der Waals surface area contributed by atoms with E-state index in [-0.39, 0.29) is 12.8 Å². The van der Waals surface area contributed by atoms with E-state index < -0.39 is 29.7 Å². The number of rotatable bonds is 4. The fourth-order valence-electron chi connectivity index (χ4n) is 1.96. The van der Waals surface area contributed by atoms with Crippen LogP contribution in [0.4, 0.5) is 10.5 Å². The number of nitrogens with zero attached hydrogens (tertiary/aromatic N) is 1. The normalized spacial score (nSPS) is 18.9. The first-order valence-electron chi connectivity index (χ1n) is 5.96. The van der Waals surface area contributed by atoms with Crippen LogP contribution >= 0.6 is 0 Å². The number of carbonyl (C=O) groups excluding carboxylic acids is 3. The number of carbonyl (C=O) groups is 4. The maximum Gasteiger partial charge on any atom is 0.335 e. The molecule has 1 heterocycles. The summed E-state index contributed by atoms with van der Waals surface area (Å²) in [6.07, 6.45) is -0.461. The summed E-state index contributed by atoms with van der Waals surface area (Å²) < 4.78 is 0. The molecule has 0 spiro atoms. The lowest BCUT2D eigenvalue weighted by atomic mass is 9.98. The highest BCUT2D eigenvalue weighted by Gasteiger charge is 2.41. The molecule has 104 valence electrons. The van der Waals surface area contributed by atoms with Crippen molar-refractivity contribution in [2.45, 2.75) is 12.8 Å². The molecule has 1 atom stereocenters. The van der Waals surface area contributed by atoms with Crippen LogP contribution in [0.3, 0.4) is 0 Å². The van der Waals surface area contributed by atoms with Crippen molar-refractivity contribution < 1.29 is 24.3 Å². The highest BCUT2D eigenvalue weighted by Crippen LogP contribution is 2.22. The lowest BCUT2D eigenvalue weighted by Gasteiger charge is -2.29. The molecule has 1 aliphatic heterocycles. The Labute approximate surface area is 114 Å². The second kappa shape index (κ2) is 5.52. The van der Waals surface area contributed by atoms with Gasteiger partial charge in [-0.1, -0.05) is 18.2 Å². The Bertz CT molecular complexity index is 569. The van der Waals surface area contributed by atoms with Crippen LogP contribution in [-0.2, 0) is 14.4 Å². The standard InChI is InChI=1S/C13H12N2O5/c16-10(17)7-6-9-11(18)14-13(20)15(12(9)19)8-4-2-1-3-5-8/h1-5,9H,6-7H2,(H,16,17)(H,14,18,20). The number of hydrogen-bond donors (Lipinski definition) is 2. The largest absolute Gasteiger partial charge is 0.481 e. The van der Waals surface area contributed by atoms with Gasteiger partial charge in [0.25, 0.3) is 0 Å². The molecule has 0 bridgehead atoms. The van der Waals surface area contributed by atoms with Gasteiger partial charge in [0.2, 0.25) is 11.8 Å². The Kier molecular flexibility index (Phi) is 3.79. The van der Waals surface area contributed by atoms with E-state index in [4.69, 9.17) is 5.11 Å². The number of anilines is 1. The molecule has 7 heteroatoms. The number of para-hydroxylation sites is 1. The third kappa shape index (κ3) is 2.66. The van der Waals surface area contributed by atoms with Crippen LogP contribution < -0.4 is 10.2 Å². The van der Waals surface area contributed by atoms with Crippen molar-refractivity contribution in [3.63, 3.8) is 0 Å². The fraction of sp³-hybridized carbons (Fsp3) is 0.231. The summed E-state index contributed by atoms with van der Waals surface area (Å²) in [6.45, 7) is 0. The zero-order valence-corrected chi connectivity index (χ0v) is 10.4. The van der Waals surface area contributed by atoms with Crippen molar-refractivity contribution in [1.82, 2.24) is 5.32 Å². The van der Waals surface area contributed by atoms with E-state index in [1.807, 2.05) is 0 Å². The number of carboxylic acids is 1. The van der Waals surface area contributed by atoms with Gasteiger partial charge in [-0.2, -0.15) is 0 Å². The van der Waals surface area contributed by atoms with Crippen LogP contribution in [0.5, 0.6) is 0 Å². The van der Waals surface area contributed by atoms with Gasteiger partial charge >= 0.3 is 12.0 Å². The van der Waals surface area contributed by atoms with E-state index in [9.17, 15) is 19.2 Å². The molecule has 1 aliphatic rings. The molecule has 1 unspecified atom stereocenters. The zero-order valence-electron chi connectivity index (χ0n) is 10.4. The number of benzene rings is 1. The second-order valence-electron chi connectivity index (χ2n) is 4.29. The molecule has 7 nitrogen and oxygen atoms in total. The van der Waals surface area contributed by atoms with Crippen molar-refractivity contribution in [2.75, 3.05) is 4.90 Å². The molecule has 1 aromatic rings. The van der Waals surface area contributed by atoms with Crippen LogP contribution in [0.1, 0.15) is 12.8 Å². The topological polar surface area (TPSA) is 104 Å². The Morgan fingerprint density at radius 2 is 1.85 bits per heavy atom. The van der Waals surface area contributed by atoms with Gasteiger partial charge in [0.05, 0.1) is 5.69 Å². The molecule has 1 fully saturated rings. The number of nitrogens with one attached hydrogen (secondary N) is 1. The van der Waals surface area contributed by atoms with E-state index >= 15 is 0 Å². The maximum absolute atomic E-state index is 12.2. The van der Waals surface area contributed by atoms with Gasteiger partial charge in [0.1, 0.15) is 5.92 Å². The molecule has 0 aromatic heterocycles. The Morgan fingerprint density at radius 1 is 1.20 bits per heavy atom. The molecule has 4 amide bonds. The summed E-state index contributed by atoms with van der Waals surface area (Å²) in [5.41, 5.74) is 0.336. The van der Waals surface area contributed by atoms with Gasteiger partial charge in [-0.15, -0.1) is 0 Å². The molecule has 20 heavy (non-hydrogen) atoms. The smallest absolute Gasteiger partial charge is 0.335 e. The van der Waals surface area contributed by atoms with Crippen molar-refractivity contribution >= 4 is 29.5 Å². The Balaban J connectivity index is 2.25. The summed E-state index contributed by atoms with van der Waals surface area (Å²) in [5.74, 6) is -3.72. The van der Waals surface area contributed by atoms with Crippen LogP contribution in [0, 0.1) is 5.92 Å². The number of amides is 4. The van der Waals surface area contributed by atoms with E-state index in [1.54, 1.807) is 30.3 Å². The first kappa shape index (κ1) is 13.7. The summed E-state index contributed by atoms with van der Waals surface area (Å²) in [7, 11) is 0. The van der Waals surface area contributed by atoms with E-state index in [2.05, 4.69) is 5.32 Å². The van der Waals surface area contributed by atoms with Crippen molar-refractivity contribution in [3.05, 3.63) is 30.3 Å².